The molecule has 2 aromatic carbocycles. The van der Waals surface area contributed by atoms with Crippen molar-refractivity contribution < 1.29 is 14.3 Å². The number of benzene rings is 2. The first-order valence-corrected chi connectivity index (χ1v) is 4.53. The van der Waals surface area contributed by atoms with Crippen LogP contribution in [0.5, 0.6) is 11.5 Å². The van der Waals surface area contributed by atoms with Crippen molar-refractivity contribution in [3.05, 3.63) is 36.4 Å². The molecule has 0 N–H and O–H groups in total. The standard InChI is InChI=1S/C12H10O3/c1-14-11-7-6-9-4-2-3-5-10(9)12(11)15-8-13/h2-8H,1H3. The van der Waals surface area contributed by atoms with Gasteiger partial charge in [0.2, 0.25) is 0 Å². The summed E-state index contributed by atoms with van der Waals surface area (Å²) in [6, 6.07) is 11.4. The third-order valence-electron chi connectivity index (χ3n) is 2.23. The maximum absolute atomic E-state index is 10.4. The van der Waals surface area contributed by atoms with Gasteiger partial charge in [-0.15, -0.1) is 0 Å². The minimum Gasteiger partial charge on any atom is -0.493 e. The highest BCUT2D eigenvalue weighted by molar-refractivity contribution is 5.91. The van der Waals surface area contributed by atoms with E-state index in [0.29, 0.717) is 18.0 Å². The number of rotatable bonds is 3. The lowest BCUT2D eigenvalue weighted by Gasteiger charge is -2.08. The molecule has 0 aliphatic heterocycles. The van der Waals surface area contributed by atoms with Gasteiger partial charge in [0.25, 0.3) is 6.47 Å². The molecule has 3 nitrogen and oxygen atoms in total. The predicted molar refractivity (Wildman–Crippen MR) is 57.2 cm³/mol. The molecule has 76 valence electrons. The topological polar surface area (TPSA) is 35.5 Å². The van der Waals surface area contributed by atoms with Crippen molar-refractivity contribution in [2.24, 2.45) is 0 Å². The predicted octanol–water partition coefficient (Wildman–Crippen LogP) is 2.38. The Labute approximate surface area is 87.2 Å². The van der Waals surface area contributed by atoms with Gasteiger partial charge in [0.1, 0.15) is 0 Å². The zero-order chi connectivity index (χ0) is 10.7. The monoisotopic (exact) mass is 202 g/mol. The van der Waals surface area contributed by atoms with Crippen LogP contribution in [0.3, 0.4) is 0 Å². The lowest BCUT2D eigenvalue weighted by atomic mass is 10.1. The molecule has 2 rings (SSSR count). The van der Waals surface area contributed by atoms with Crippen LogP contribution in [0.1, 0.15) is 0 Å². The van der Waals surface area contributed by atoms with E-state index in [0.717, 1.165) is 10.8 Å². The van der Waals surface area contributed by atoms with Crippen molar-refractivity contribution in [1.82, 2.24) is 0 Å². The molecule has 0 spiro atoms. The van der Waals surface area contributed by atoms with E-state index in [1.165, 1.54) is 0 Å². The number of fused-ring (bicyclic) bond motifs is 1. The van der Waals surface area contributed by atoms with Crippen LogP contribution >= 0.6 is 0 Å². The van der Waals surface area contributed by atoms with Crippen LogP contribution in [0.4, 0.5) is 0 Å². The highest BCUT2D eigenvalue weighted by Gasteiger charge is 2.08. The van der Waals surface area contributed by atoms with Crippen LogP contribution in [0, 0.1) is 0 Å². The average molecular weight is 202 g/mol. The van der Waals surface area contributed by atoms with Crippen molar-refractivity contribution in [3.8, 4) is 11.5 Å². The Morgan fingerprint density at radius 3 is 2.67 bits per heavy atom. The van der Waals surface area contributed by atoms with Gasteiger partial charge in [0.15, 0.2) is 11.5 Å². The Morgan fingerprint density at radius 2 is 1.93 bits per heavy atom. The Morgan fingerprint density at radius 1 is 1.13 bits per heavy atom. The lowest BCUT2D eigenvalue weighted by molar-refractivity contribution is -0.120. The van der Waals surface area contributed by atoms with Crippen molar-refractivity contribution in [3.63, 3.8) is 0 Å². The molecule has 0 amide bonds. The van der Waals surface area contributed by atoms with Gasteiger partial charge < -0.3 is 9.47 Å². The summed E-state index contributed by atoms with van der Waals surface area (Å²) in [4.78, 5) is 10.4. The van der Waals surface area contributed by atoms with Gasteiger partial charge in [-0.1, -0.05) is 30.3 Å². The van der Waals surface area contributed by atoms with E-state index in [1.807, 2.05) is 30.3 Å². The molecule has 0 heterocycles. The molecule has 15 heavy (non-hydrogen) atoms. The van der Waals surface area contributed by atoms with Crippen molar-refractivity contribution >= 4 is 17.2 Å². The average Bonchev–Trinajstić information content (AvgIpc) is 2.30. The van der Waals surface area contributed by atoms with Crippen LogP contribution in [0.15, 0.2) is 36.4 Å². The third kappa shape index (κ3) is 1.64. The molecule has 0 aromatic heterocycles. The second-order valence-corrected chi connectivity index (χ2v) is 3.03. The summed E-state index contributed by atoms with van der Waals surface area (Å²) >= 11 is 0. The van der Waals surface area contributed by atoms with Crippen LogP contribution in [0.2, 0.25) is 0 Å². The summed E-state index contributed by atoms with van der Waals surface area (Å²) in [5, 5.41) is 1.87. The minimum atomic E-state index is 0.407. The normalized spacial score (nSPS) is 9.93. The number of ether oxygens (including phenoxy) is 2. The zero-order valence-corrected chi connectivity index (χ0v) is 8.27. The fraction of sp³-hybridized carbons (Fsp3) is 0.0833. The van der Waals surface area contributed by atoms with Gasteiger partial charge in [0.05, 0.1) is 7.11 Å². The van der Waals surface area contributed by atoms with Gasteiger partial charge in [-0.2, -0.15) is 0 Å². The number of carbonyl (C=O) groups excluding carboxylic acids is 1. The highest BCUT2D eigenvalue weighted by Crippen LogP contribution is 2.34. The smallest absolute Gasteiger partial charge is 0.298 e. The van der Waals surface area contributed by atoms with E-state index < -0.39 is 0 Å². The maximum Gasteiger partial charge on any atom is 0.298 e. The molecule has 0 unspecified atom stereocenters. The Kier molecular flexibility index (Phi) is 2.54. The molecule has 3 heteroatoms. The molecule has 0 aliphatic rings. The second-order valence-electron chi connectivity index (χ2n) is 3.03. The number of hydrogen-bond donors (Lipinski definition) is 0. The molecular formula is C12H10O3. The Bertz CT molecular complexity index is 491. The van der Waals surface area contributed by atoms with E-state index in [-0.39, 0.29) is 0 Å². The largest absolute Gasteiger partial charge is 0.493 e. The van der Waals surface area contributed by atoms with Gasteiger partial charge in [0, 0.05) is 5.39 Å². The molecule has 0 bridgehead atoms. The van der Waals surface area contributed by atoms with E-state index in [2.05, 4.69) is 0 Å². The summed E-state index contributed by atoms with van der Waals surface area (Å²) in [5.74, 6) is 1.02. The fourth-order valence-corrected chi connectivity index (χ4v) is 1.55. The quantitative estimate of drug-likeness (QED) is 0.717. The molecule has 0 radical (unpaired) electrons. The van der Waals surface area contributed by atoms with Crippen molar-refractivity contribution in [1.29, 1.82) is 0 Å². The fourth-order valence-electron chi connectivity index (χ4n) is 1.55. The van der Waals surface area contributed by atoms with Crippen LogP contribution in [-0.4, -0.2) is 13.6 Å². The molecule has 0 fully saturated rings. The van der Waals surface area contributed by atoms with E-state index >= 15 is 0 Å². The summed E-state index contributed by atoms with van der Waals surface area (Å²) in [5.41, 5.74) is 0. The SMILES string of the molecule is COc1ccc2ccccc2c1OC=O. The van der Waals surface area contributed by atoms with Crippen LogP contribution in [0.25, 0.3) is 10.8 Å². The third-order valence-corrected chi connectivity index (χ3v) is 2.23. The molecule has 0 saturated heterocycles. The van der Waals surface area contributed by atoms with E-state index in [4.69, 9.17) is 9.47 Å². The molecule has 0 saturated carbocycles. The first kappa shape index (κ1) is 9.52. The van der Waals surface area contributed by atoms with Crippen LogP contribution < -0.4 is 9.47 Å². The number of carbonyl (C=O) groups is 1. The summed E-state index contributed by atoms with van der Waals surface area (Å²) in [7, 11) is 1.54. The highest BCUT2D eigenvalue weighted by atomic mass is 16.5. The molecule has 0 aliphatic carbocycles. The molecular weight excluding hydrogens is 192 g/mol. The number of hydrogen-bond acceptors (Lipinski definition) is 3. The second kappa shape index (κ2) is 4.00. The molecule has 2 aromatic rings. The minimum absolute atomic E-state index is 0.407. The maximum atomic E-state index is 10.4. The van der Waals surface area contributed by atoms with E-state index in [9.17, 15) is 4.79 Å². The van der Waals surface area contributed by atoms with Crippen LogP contribution in [-0.2, 0) is 4.79 Å². The van der Waals surface area contributed by atoms with Crippen molar-refractivity contribution in [2.45, 2.75) is 0 Å². The van der Waals surface area contributed by atoms with Gasteiger partial charge >= 0.3 is 0 Å². The zero-order valence-electron chi connectivity index (χ0n) is 8.27. The Hall–Kier alpha value is -2.03. The number of methoxy groups -OCH3 is 1. The molecule has 0 atom stereocenters. The summed E-state index contributed by atoms with van der Waals surface area (Å²) in [6.07, 6.45) is 0. The first-order valence-electron chi connectivity index (χ1n) is 4.53. The van der Waals surface area contributed by atoms with Crippen molar-refractivity contribution in [2.75, 3.05) is 7.11 Å². The first-order chi connectivity index (χ1) is 7.36. The van der Waals surface area contributed by atoms with Gasteiger partial charge in [-0.3, -0.25) is 4.79 Å². The van der Waals surface area contributed by atoms with Gasteiger partial charge in [-0.25, -0.2) is 0 Å². The van der Waals surface area contributed by atoms with E-state index in [1.54, 1.807) is 13.2 Å². The Balaban J connectivity index is 2.72. The summed E-state index contributed by atoms with van der Waals surface area (Å²) in [6.45, 7) is 0.407. The summed E-state index contributed by atoms with van der Waals surface area (Å²) < 4.78 is 10.1. The lowest BCUT2D eigenvalue weighted by Crippen LogP contribution is -1.94. The van der Waals surface area contributed by atoms with Gasteiger partial charge in [-0.05, 0) is 11.5 Å².